The van der Waals surface area contributed by atoms with Gasteiger partial charge in [-0.25, -0.2) is 9.97 Å². The van der Waals surface area contributed by atoms with Crippen molar-refractivity contribution in [3.8, 4) is 0 Å². The zero-order valence-electron chi connectivity index (χ0n) is 12.7. The van der Waals surface area contributed by atoms with Gasteiger partial charge in [-0.3, -0.25) is 0 Å². The van der Waals surface area contributed by atoms with Gasteiger partial charge in [0.2, 0.25) is 0 Å². The van der Waals surface area contributed by atoms with Crippen LogP contribution in [0.4, 0.5) is 11.6 Å². The summed E-state index contributed by atoms with van der Waals surface area (Å²) in [6, 6.07) is 1.92. The molecule has 5 nitrogen and oxygen atoms in total. The maximum absolute atomic E-state index is 9.92. The molecule has 1 saturated carbocycles. The fourth-order valence-electron chi connectivity index (χ4n) is 2.02. The molecule has 1 aliphatic carbocycles. The van der Waals surface area contributed by atoms with E-state index in [-0.39, 0.29) is 12.0 Å². The molecule has 0 aromatic carbocycles. The second-order valence-corrected chi connectivity index (χ2v) is 5.86. The Bertz CT molecular complexity index is 432. The summed E-state index contributed by atoms with van der Waals surface area (Å²) < 4.78 is 0. The van der Waals surface area contributed by atoms with Gasteiger partial charge in [0, 0.05) is 25.1 Å². The number of anilines is 2. The van der Waals surface area contributed by atoms with E-state index in [0.717, 1.165) is 43.3 Å². The highest BCUT2D eigenvalue weighted by atomic mass is 16.3. The molecular formula is C15H26N4O. The molecule has 1 fully saturated rings. The van der Waals surface area contributed by atoms with E-state index in [4.69, 9.17) is 0 Å². The van der Waals surface area contributed by atoms with Crippen LogP contribution in [0.3, 0.4) is 0 Å². The van der Waals surface area contributed by atoms with E-state index >= 15 is 0 Å². The van der Waals surface area contributed by atoms with Gasteiger partial charge >= 0.3 is 0 Å². The van der Waals surface area contributed by atoms with Crippen LogP contribution in [-0.2, 0) is 0 Å². The molecule has 0 aliphatic heterocycles. The zero-order chi connectivity index (χ0) is 14.5. The number of hydrogen-bond acceptors (Lipinski definition) is 5. The van der Waals surface area contributed by atoms with Crippen LogP contribution in [0.25, 0.3) is 0 Å². The van der Waals surface area contributed by atoms with Crippen molar-refractivity contribution in [3.63, 3.8) is 0 Å². The van der Waals surface area contributed by atoms with Crippen LogP contribution in [0.2, 0.25) is 0 Å². The first-order valence-corrected chi connectivity index (χ1v) is 7.65. The van der Waals surface area contributed by atoms with Gasteiger partial charge in [-0.1, -0.05) is 20.8 Å². The van der Waals surface area contributed by atoms with Crippen molar-refractivity contribution < 1.29 is 5.11 Å². The monoisotopic (exact) mass is 278 g/mol. The minimum atomic E-state index is -0.264. The Morgan fingerprint density at radius 3 is 2.45 bits per heavy atom. The summed E-state index contributed by atoms with van der Waals surface area (Å²) in [6.45, 7) is 7.76. The second-order valence-electron chi connectivity index (χ2n) is 5.86. The molecule has 3 N–H and O–H groups in total. The lowest BCUT2D eigenvalue weighted by molar-refractivity contribution is 0.164. The van der Waals surface area contributed by atoms with E-state index < -0.39 is 0 Å². The van der Waals surface area contributed by atoms with E-state index in [0.29, 0.717) is 12.5 Å². The minimum Gasteiger partial charge on any atom is -0.391 e. The second kappa shape index (κ2) is 6.88. The van der Waals surface area contributed by atoms with E-state index in [1.807, 2.05) is 6.07 Å². The Kier molecular flexibility index (Phi) is 5.17. The van der Waals surface area contributed by atoms with E-state index in [2.05, 4.69) is 41.4 Å². The molecule has 1 atom stereocenters. The Morgan fingerprint density at radius 2 is 1.90 bits per heavy atom. The normalized spacial score (nSPS) is 16.2. The summed E-state index contributed by atoms with van der Waals surface area (Å²) in [5.74, 6) is 3.24. The van der Waals surface area contributed by atoms with Crippen molar-refractivity contribution >= 4 is 11.6 Å². The molecule has 5 heteroatoms. The number of aliphatic hydroxyl groups excluding tert-OH is 1. The summed E-state index contributed by atoms with van der Waals surface area (Å²) in [5, 5.41) is 16.5. The standard InChI is InChI=1S/C15H26N4O/c1-4-7-16-13-8-14(19-15(18-13)10(2)3)17-9-12(20)11-5-6-11/h8,10-12,20H,4-7,9H2,1-3H3,(H2,16,17,18,19). The molecule has 1 aliphatic rings. The molecule has 112 valence electrons. The SMILES string of the molecule is CCCNc1cc(NCC(O)C2CC2)nc(C(C)C)n1. The molecular weight excluding hydrogens is 252 g/mol. The highest BCUT2D eigenvalue weighted by Gasteiger charge is 2.29. The predicted molar refractivity (Wildman–Crippen MR) is 82.1 cm³/mol. The van der Waals surface area contributed by atoms with Crippen LogP contribution in [0.5, 0.6) is 0 Å². The molecule has 0 bridgehead atoms. The summed E-state index contributed by atoms with van der Waals surface area (Å²) in [5.41, 5.74) is 0. The van der Waals surface area contributed by atoms with Crippen LogP contribution in [-0.4, -0.2) is 34.3 Å². The third-order valence-corrected chi connectivity index (χ3v) is 3.47. The number of hydrogen-bond donors (Lipinski definition) is 3. The summed E-state index contributed by atoms with van der Waals surface area (Å²) in [4.78, 5) is 9.04. The van der Waals surface area contributed by atoms with Gasteiger partial charge in [0.25, 0.3) is 0 Å². The fraction of sp³-hybridized carbons (Fsp3) is 0.733. The molecule has 1 aromatic heterocycles. The van der Waals surface area contributed by atoms with E-state index in [1.165, 1.54) is 0 Å². The quantitative estimate of drug-likeness (QED) is 0.682. The van der Waals surface area contributed by atoms with Crippen LogP contribution < -0.4 is 10.6 Å². The average molecular weight is 278 g/mol. The van der Waals surface area contributed by atoms with Crippen molar-refractivity contribution in [1.82, 2.24) is 9.97 Å². The van der Waals surface area contributed by atoms with Crippen LogP contribution >= 0.6 is 0 Å². The highest BCUT2D eigenvalue weighted by molar-refractivity contribution is 5.48. The molecule has 2 rings (SSSR count). The van der Waals surface area contributed by atoms with Gasteiger partial charge in [0.05, 0.1) is 6.10 Å². The molecule has 1 heterocycles. The summed E-state index contributed by atoms with van der Waals surface area (Å²) >= 11 is 0. The molecule has 0 radical (unpaired) electrons. The number of nitrogens with zero attached hydrogens (tertiary/aromatic N) is 2. The molecule has 0 saturated heterocycles. The van der Waals surface area contributed by atoms with Gasteiger partial charge in [0.15, 0.2) is 0 Å². The molecule has 0 spiro atoms. The number of aromatic nitrogens is 2. The number of aliphatic hydroxyl groups is 1. The third-order valence-electron chi connectivity index (χ3n) is 3.47. The molecule has 1 aromatic rings. The van der Waals surface area contributed by atoms with Crippen LogP contribution in [0.1, 0.15) is 51.8 Å². The molecule has 1 unspecified atom stereocenters. The Labute approximate surface area is 121 Å². The molecule has 0 amide bonds. The van der Waals surface area contributed by atoms with Crippen LogP contribution in [0, 0.1) is 5.92 Å². The van der Waals surface area contributed by atoms with Crippen molar-refractivity contribution in [2.75, 3.05) is 23.7 Å². The summed E-state index contributed by atoms with van der Waals surface area (Å²) in [7, 11) is 0. The maximum atomic E-state index is 9.92. The fourth-order valence-corrected chi connectivity index (χ4v) is 2.02. The third kappa shape index (κ3) is 4.34. The van der Waals surface area contributed by atoms with Gasteiger partial charge in [-0.2, -0.15) is 0 Å². The zero-order valence-corrected chi connectivity index (χ0v) is 12.7. The topological polar surface area (TPSA) is 70.1 Å². The van der Waals surface area contributed by atoms with Gasteiger partial charge in [0.1, 0.15) is 17.5 Å². The first-order valence-electron chi connectivity index (χ1n) is 7.65. The number of rotatable bonds is 8. The lowest BCUT2D eigenvalue weighted by Gasteiger charge is -2.14. The highest BCUT2D eigenvalue weighted by Crippen LogP contribution is 2.32. The Morgan fingerprint density at radius 1 is 1.25 bits per heavy atom. The van der Waals surface area contributed by atoms with Gasteiger partial charge in [-0.05, 0) is 25.2 Å². The maximum Gasteiger partial charge on any atom is 0.135 e. The Hall–Kier alpha value is -1.36. The van der Waals surface area contributed by atoms with Crippen molar-refractivity contribution in [2.45, 2.75) is 52.1 Å². The predicted octanol–water partition coefficient (Wildman–Crippen LogP) is 2.60. The summed E-state index contributed by atoms with van der Waals surface area (Å²) in [6.07, 6.45) is 3.09. The first kappa shape index (κ1) is 15.0. The van der Waals surface area contributed by atoms with E-state index in [9.17, 15) is 5.11 Å². The van der Waals surface area contributed by atoms with Crippen molar-refractivity contribution in [1.29, 1.82) is 0 Å². The molecule has 20 heavy (non-hydrogen) atoms. The first-order chi connectivity index (χ1) is 9.60. The minimum absolute atomic E-state index is 0.264. The smallest absolute Gasteiger partial charge is 0.135 e. The lowest BCUT2D eigenvalue weighted by atomic mass is 10.2. The Balaban J connectivity index is 2.02. The average Bonchev–Trinajstić information content (AvgIpc) is 3.26. The van der Waals surface area contributed by atoms with Crippen molar-refractivity contribution in [2.24, 2.45) is 5.92 Å². The largest absolute Gasteiger partial charge is 0.391 e. The van der Waals surface area contributed by atoms with Gasteiger partial charge in [-0.15, -0.1) is 0 Å². The van der Waals surface area contributed by atoms with Gasteiger partial charge < -0.3 is 15.7 Å². The number of nitrogens with one attached hydrogen (secondary N) is 2. The van der Waals surface area contributed by atoms with E-state index in [1.54, 1.807) is 0 Å². The lowest BCUT2D eigenvalue weighted by Crippen LogP contribution is -2.22. The van der Waals surface area contributed by atoms with Crippen LogP contribution in [0.15, 0.2) is 6.07 Å². The van der Waals surface area contributed by atoms with Crippen molar-refractivity contribution in [3.05, 3.63) is 11.9 Å².